The van der Waals surface area contributed by atoms with Crippen LogP contribution in [-0.2, 0) is 11.3 Å². The summed E-state index contributed by atoms with van der Waals surface area (Å²) in [5.74, 6) is -0.514. The number of rotatable bonds is 9. The molecule has 9 heteroatoms. The number of urea groups is 1. The van der Waals surface area contributed by atoms with Crippen molar-refractivity contribution in [3.05, 3.63) is 90.1 Å². The van der Waals surface area contributed by atoms with Crippen molar-refractivity contribution >= 4 is 46.0 Å². The Hall–Kier alpha value is -3.95. The average Bonchev–Trinajstić information content (AvgIpc) is 3.44. The van der Waals surface area contributed by atoms with Gasteiger partial charge in [-0.3, -0.25) is 4.79 Å². The second kappa shape index (κ2) is 13.4. The van der Waals surface area contributed by atoms with Crippen LogP contribution in [-0.4, -0.2) is 79.3 Å². The predicted octanol–water partition coefficient (Wildman–Crippen LogP) is 5.59. The summed E-state index contributed by atoms with van der Waals surface area (Å²) in [6, 6.07) is 23.5. The molecule has 3 amide bonds. The molecule has 5 rings (SSSR count). The SMILES string of the molecule is CSc1ccc(CN(C)C)cc1NC(=O)C(NC(=O)N1CCN(c2ccccc2)CC1)C(C)c1c[nH]c2ccccc12. The number of anilines is 2. The van der Waals surface area contributed by atoms with Gasteiger partial charge in [-0.15, -0.1) is 11.8 Å². The van der Waals surface area contributed by atoms with Crippen LogP contribution in [0.2, 0.25) is 0 Å². The van der Waals surface area contributed by atoms with Gasteiger partial charge in [0.1, 0.15) is 6.04 Å². The molecule has 3 aromatic carbocycles. The van der Waals surface area contributed by atoms with E-state index in [9.17, 15) is 9.59 Å². The number of fused-ring (bicyclic) bond motifs is 1. The zero-order valence-corrected chi connectivity index (χ0v) is 25.6. The highest BCUT2D eigenvalue weighted by molar-refractivity contribution is 7.98. The molecule has 0 saturated carbocycles. The van der Waals surface area contributed by atoms with Crippen molar-refractivity contribution in [2.45, 2.75) is 30.3 Å². The van der Waals surface area contributed by atoms with Crippen molar-refractivity contribution in [3.63, 3.8) is 0 Å². The number of H-pyrrole nitrogens is 1. The van der Waals surface area contributed by atoms with Crippen molar-refractivity contribution in [2.24, 2.45) is 0 Å². The van der Waals surface area contributed by atoms with Crippen LogP contribution in [0.5, 0.6) is 0 Å². The Balaban J connectivity index is 1.37. The lowest BCUT2D eigenvalue weighted by atomic mass is 9.92. The van der Waals surface area contributed by atoms with E-state index < -0.39 is 6.04 Å². The Labute approximate surface area is 252 Å². The van der Waals surface area contributed by atoms with Crippen LogP contribution in [0.25, 0.3) is 10.9 Å². The minimum absolute atomic E-state index is 0.221. The van der Waals surface area contributed by atoms with Gasteiger partial charge in [-0.05, 0) is 61.8 Å². The second-order valence-corrected chi connectivity index (χ2v) is 11.9. The number of para-hydroxylation sites is 2. The van der Waals surface area contributed by atoms with Gasteiger partial charge in [-0.25, -0.2) is 4.79 Å². The normalized spacial score (nSPS) is 15.1. The Morgan fingerprint density at radius 2 is 1.69 bits per heavy atom. The number of thioether (sulfide) groups is 1. The number of nitrogens with one attached hydrogen (secondary N) is 3. The third-order valence-corrected chi connectivity index (χ3v) is 8.68. The molecule has 3 N–H and O–H groups in total. The maximum Gasteiger partial charge on any atom is 0.318 e. The van der Waals surface area contributed by atoms with E-state index in [1.165, 1.54) is 0 Å². The minimum atomic E-state index is -0.781. The minimum Gasteiger partial charge on any atom is -0.368 e. The van der Waals surface area contributed by atoms with E-state index in [0.29, 0.717) is 13.1 Å². The highest BCUT2D eigenvalue weighted by atomic mass is 32.2. The lowest BCUT2D eigenvalue weighted by Crippen LogP contribution is -2.56. The highest BCUT2D eigenvalue weighted by Crippen LogP contribution is 2.31. The van der Waals surface area contributed by atoms with Gasteiger partial charge in [0.05, 0.1) is 5.69 Å². The molecule has 0 spiro atoms. The summed E-state index contributed by atoms with van der Waals surface area (Å²) in [4.78, 5) is 38.2. The van der Waals surface area contributed by atoms with Crippen LogP contribution in [0.3, 0.4) is 0 Å². The van der Waals surface area contributed by atoms with Crippen LogP contribution in [0.4, 0.5) is 16.2 Å². The zero-order chi connectivity index (χ0) is 29.6. The molecule has 0 radical (unpaired) electrons. The van der Waals surface area contributed by atoms with Gasteiger partial charge in [0.2, 0.25) is 5.91 Å². The van der Waals surface area contributed by atoms with Crippen molar-refractivity contribution < 1.29 is 9.59 Å². The number of piperazine rings is 1. The lowest BCUT2D eigenvalue weighted by Gasteiger charge is -2.37. The zero-order valence-electron chi connectivity index (χ0n) is 24.8. The summed E-state index contributed by atoms with van der Waals surface area (Å²) in [5.41, 5.74) is 5.02. The number of hydrogen-bond donors (Lipinski definition) is 3. The molecule has 8 nitrogen and oxygen atoms in total. The van der Waals surface area contributed by atoms with Crippen LogP contribution in [0.1, 0.15) is 24.0 Å². The molecular formula is C33H40N6O2S. The number of aromatic nitrogens is 1. The molecule has 42 heavy (non-hydrogen) atoms. The van der Waals surface area contributed by atoms with Gasteiger partial charge < -0.3 is 30.3 Å². The maximum atomic E-state index is 14.1. The molecule has 1 aromatic heterocycles. The van der Waals surface area contributed by atoms with E-state index in [-0.39, 0.29) is 17.9 Å². The molecule has 1 aliphatic rings. The highest BCUT2D eigenvalue weighted by Gasteiger charge is 2.32. The van der Waals surface area contributed by atoms with Crippen LogP contribution < -0.4 is 15.5 Å². The Morgan fingerprint density at radius 3 is 2.40 bits per heavy atom. The standard InChI is InChI=1S/C33H40N6O2S/c1-23(27-21-34-28-13-9-8-12-26(27)28)31(32(40)35-29-20-24(22-37(2)3)14-15-30(29)42-4)36-33(41)39-18-16-38(17-19-39)25-10-6-5-7-11-25/h5-15,20-21,23,31,34H,16-19,22H2,1-4H3,(H,35,40)(H,36,41). The van der Waals surface area contributed by atoms with Gasteiger partial charge in [-0.1, -0.05) is 49.4 Å². The van der Waals surface area contributed by atoms with E-state index >= 15 is 0 Å². The van der Waals surface area contributed by atoms with Crippen molar-refractivity contribution in [1.29, 1.82) is 0 Å². The third kappa shape index (κ3) is 6.74. The molecule has 2 unspecified atom stereocenters. The van der Waals surface area contributed by atoms with Gasteiger partial charge in [-0.2, -0.15) is 0 Å². The van der Waals surface area contributed by atoms with Gasteiger partial charge in [0.25, 0.3) is 0 Å². The summed E-state index contributed by atoms with van der Waals surface area (Å²) < 4.78 is 0. The molecule has 1 fully saturated rings. The first kappa shape index (κ1) is 29.5. The summed E-state index contributed by atoms with van der Waals surface area (Å²) >= 11 is 1.59. The monoisotopic (exact) mass is 584 g/mol. The molecule has 0 bridgehead atoms. The van der Waals surface area contributed by atoms with E-state index in [4.69, 9.17) is 0 Å². The van der Waals surface area contributed by atoms with Gasteiger partial charge >= 0.3 is 6.03 Å². The van der Waals surface area contributed by atoms with Gasteiger partial charge in [0, 0.05) is 66.3 Å². The number of hydrogen-bond acceptors (Lipinski definition) is 5. The number of aromatic amines is 1. The third-order valence-electron chi connectivity index (χ3n) is 7.88. The molecule has 4 aromatic rings. The number of benzene rings is 3. The first-order valence-electron chi connectivity index (χ1n) is 14.4. The molecule has 2 atom stereocenters. The Morgan fingerprint density at radius 1 is 0.976 bits per heavy atom. The fraction of sp³-hybridized carbons (Fsp3) is 0.333. The molecular weight excluding hydrogens is 544 g/mol. The molecule has 2 heterocycles. The Kier molecular flexibility index (Phi) is 9.39. The molecule has 220 valence electrons. The van der Waals surface area contributed by atoms with E-state index in [1.54, 1.807) is 11.8 Å². The van der Waals surface area contributed by atoms with Crippen molar-refractivity contribution in [3.8, 4) is 0 Å². The summed E-state index contributed by atoms with van der Waals surface area (Å²) in [7, 11) is 4.05. The topological polar surface area (TPSA) is 83.7 Å². The molecule has 1 saturated heterocycles. The summed E-state index contributed by atoms with van der Waals surface area (Å²) in [5, 5.41) is 7.35. The molecule has 0 aliphatic carbocycles. The number of nitrogens with zero attached hydrogens (tertiary/aromatic N) is 3. The van der Waals surface area contributed by atoms with Crippen LogP contribution in [0.15, 0.2) is 83.9 Å². The fourth-order valence-electron chi connectivity index (χ4n) is 5.63. The maximum absolute atomic E-state index is 14.1. The summed E-state index contributed by atoms with van der Waals surface area (Å²) in [6.07, 6.45) is 3.95. The number of carbonyl (C=O) groups is 2. The Bertz CT molecular complexity index is 1510. The van der Waals surface area contributed by atoms with Gasteiger partial charge in [0.15, 0.2) is 0 Å². The first-order chi connectivity index (χ1) is 20.3. The fourth-order valence-corrected chi connectivity index (χ4v) is 6.16. The van der Waals surface area contributed by atoms with Crippen molar-refractivity contribution in [2.75, 3.05) is 56.7 Å². The lowest BCUT2D eigenvalue weighted by molar-refractivity contribution is -0.118. The van der Waals surface area contributed by atoms with E-state index in [0.717, 1.165) is 57.9 Å². The first-order valence-corrected chi connectivity index (χ1v) is 15.6. The van der Waals surface area contributed by atoms with Crippen LogP contribution >= 0.6 is 11.8 Å². The quantitative estimate of drug-likeness (QED) is 0.223. The smallest absolute Gasteiger partial charge is 0.318 e. The van der Waals surface area contributed by atoms with E-state index in [2.05, 4.69) is 43.6 Å². The largest absolute Gasteiger partial charge is 0.368 e. The number of amides is 3. The molecule has 1 aliphatic heterocycles. The summed E-state index contributed by atoms with van der Waals surface area (Å²) in [6.45, 7) is 5.41. The second-order valence-electron chi connectivity index (χ2n) is 11.1. The average molecular weight is 585 g/mol. The van der Waals surface area contributed by atoms with Crippen LogP contribution in [0, 0.1) is 0 Å². The number of carbonyl (C=O) groups excluding carboxylic acids is 2. The van der Waals surface area contributed by atoms with E-state index in [1.807, 2.05) is 93.0 Å². The van der Waals surface area contributed by atoms with Crippen molar-refractivity contribution in [1.82, 2.24) is 20.1 Å². The predicted molar refractivity (Wildman–Crippen MR) is 174 cm³/mol.